The number of nitro groups is 1. The van der Waals surface area contributed by atoms with Crippen LogP contribution in [0.3, 0.4) is 0 Å². The summed E-state index contributed by atoms with van der Waals surface area (Å²) in [7, 11) is -7.46. The highest BCUT2D eigenvalue weighted by atomic mass is 35.5. The van der Waals surface area contributed by atoms with E-state index >= 15 is 4.39 Å². The smallest absolute Gasteiger partial charge is 0.326 e. The molecule has 0 saturated carbocycles. The van der Waals surface area contributed by atoms with Crippen molar-refractivity contribution in [3.8, 4) is 22.4 Å². The van der Waals surface area contributed by atoms with Crippen molar-refractivity contribution in [1.29, 1.82) is 0 Å². The number of nitrogens with zero attached hydrogens (tertiary/aromatic N) is 6. The number of hydrogen-bond acceptors (Lipinski definition) is 11. The second kappa shape index (κ2) is 22.1. The van der Waals surface area contributed by atoms with E-state index in [9.17, 15) is 23.1 Å². The van der Waals surface area contributed by atoms with Crippen LogP contribution in [-0.2, 0) is 30.1 Å². The number of morpholine rings is 1. The highest BCUT2D eigenvalue weighted by molar-refractivity contribution is 7.99. The van der Waals surface area contributed by atoms with Crippen LogP contribution in [-0.4, -0.2) is 107 Å². The average Bonchev–Trinajstić information content (AvgIpc) is 3.93. The third kappa shape index (κ3) is 11.3. The van der Waals surface area contributed by atoms with Crippen LogP contribution in [0.2, 0.25) is 5.02 Å². The topological polar surface area (TPSA) is 131 Å². The van der Waals surface area contributed by atoms with E-state index in [4.69, 9.17) is 20.9 Å². The van der Waals surface area contributed by atoms with Crippen molar-refractivity contribution in [1.82, 2.24) is 9.47 Å². The Labute approximate surface area is 431 Å². The van der Waals surface area contributed by atoms with Gasteiger partial charge in [0.25, 0.3) is 5.69 Å². The quantitative estimate of drug-likeness (QED) is 0.0373. The van der Waals surface area contributed by atoms with Crippen molar-refractivity contribution in [3.05, 3.63) is 147 Å². The second-order valence-corrected chi connectivity index (χ2v) is 24.8. The molecule has 0 spiro atoms. The van der Waals surface area contributed by atoms with Crippen molar-refractivity contribution < 1.29 is 31.6 Å². The molecule has 0 amide bonds. The zero-order valence-corrected chi connectivity index (χ0v) is 44.4. The molecule has 4 heterocycles. The van der Waals surface area contributed by atoms with E-state index in [1.54, 1.807) is 47.6 Å². The summed E-state index contributed by atoms with van der Waals surface area (Å²) < 4.78 is 73.1. The van der Waals surface area contributed by atoms with Crippen LogP contribution >= 0.6 is 30.9 Å². The number of benzene rings is 5. The molecular weight excluding hydrogens is 994 g/mol. The minimum Gasteiger partial charge on any atom is -0.379 e. The second-order valence-electron chi connectivity index (χ2n) is 19.1. The molecule has 3 fully saturated rings. The van der Waals surface area contributed by atoms with E-state index in [0.717, 1.165) is 48.0 Å². The van der Waals surface area contributed by atoms with Gasteiger partial charge in [-0.25, -0.2) is 12.8 Å². The van der Waals surface area contributed by atoms with Crippen molar-refractivity contribution in [2.75, 3.05) is 98.7 Å². The van der Waals surface area contributed by atoms with Crippen LogP contribution in [0.5, 0.6) is 0 Å². The summed E-state index contributed by atoms with van der Waals surface area (Å²) in [5.74, 6) is 0.501. The van der Waals surface area contributed by atoms with Gasteiger partial charge in [-0.15, -0.1) is 11.8 Å². The monoisotopic (exact) mass is 1050 g/mol. The molecule has 3 saturated heterocycles. The molecule has 72 heavy (non-hydrogen) atoms. The summed E-state index contributed by atoms with van der Waals surface area (Å²) in [5.41, 5.74) is 5.83. The number of sulfone groups is 1. The maximum atomic E-state index is 15.8. The third-order valence-corrected chi connectivity index (χ3v) is 19.2. The summed E-state index contributed by atoms with van der Waals surface area (Å²) in [6, 6.07) is 34.9. The van der Waals surface area contributed by atoms with E-state index in [0.29, 0.717) is 102 Å². The van der Waals surface area contributed by atoms with Crippen molar-refractivity contribution in [2.24, 2.45) is 5.92 Å². The molecule has 5 aromatic carbocycles. The number of nitro benzene ring substituents is 1. The van der Waals surface area contributed by atoms with E-state index in [2.05, 4.69) is 26.8 Å². The Morgan fingerprint density at radius 2 is 1.47 bits per heavy atom. The maximum absolute atomic E-state index is 15.8. The summed E-state index contributed by atoms with van der Waals surface area (Å²) in [4.78, 5) is 20.4. The highest BCUT2D eigenvalue weighted by Gasteiger charge is 2.41. The summed E-state index contributed by atoms with van der Waals surface area (Å²) >= 11 is 8.04. The molecule has 2 atom stereocenters. The first kappa shape index (κ1) is 51.7. The first-order valence-corrected chi connectivity index (χ1v) is 29.3. The molecule has 0 radical (unpaired) electrons. The summed E-state index contributed by atoms with van der Waals surface area (Å²) in [6.45, 7) is 12.8. The van der Waals surface area contributed by atoms with Crippen LogP contribution in [0.15, 0.2) is 125 Å². The molecule has 1 aromatic heterocycles. The fraction of sp³-hybridized carbons (Fsp3) is 0.370. The first-order chi connectivity index (χ1) is 34.6. The lowest BCUT2D eigenvalue weighted by Gasteiger charge is -2.37. The molecule has 380 valence electrons. The molecule has 0 aliphatic carbocycles. The normalized spacial score (nSPS) is 18.3. The molecule has 9 rings (SSSR count). The van der Waals surface area contributed by atoms with Gasteiger partial charge in [0.15, 0.2) is 9.84 Å². The van der Waals surface area contributed by atoms with Crippen LogP contribution in [0, 0.1) is 28.8 Å². The molecule has 13 nitrogen and oxygen atoms in total. The van der Waals surface area contributed by atoms with Gasteiger partial charge in [-0.3, -0.25) is 24.2 Å². The molecule has 0 bridgehead atoms. The lowest BCUT2D eigenvalue weighted by molar-refractivity contribution is -0.385. The Morgan fingerprint density at radius 3 is 2.12 bits per heavy atom. The molecular formula is C54H61ClFN6O7PS2. The van der Waals surface area contributed by atoms with Gasteiger partial charge in [0, 0.05) is 107 Å². The molecule has 6 aromatic rings. The third-order valence-electron chi connectivity index (χ3n) is 13.9. The SMILES string of the molecule is Cc1c(S(C)(=O)=O)c(-c2cc(F)cc(N3CCN(c4ccc(N5CCO[P@@]5(=O)c5ccc(C[C@H](CCN6CCOCC6)CSc6ccccc6)c([N+](=O)[O-])c5)cc4)CC3)c2)c(-c2ccc(Cl)cc2)n1C(C)C. The number of halogens is 2. The Morgan fingerprint density at radius 1 is 0.806 bits per heavy atom. The lowest BCUT2D eigenvalue weighted by Crippen LogP contribution is -2.46. The Kier molecular flexibility index (Phi) is 15.9. The van der Waals surface area contributed by atoms with Crippen molar-refractivity contribution in [3.63, 3.8) is 0 Å². The number of thioether (sulfide) groups is 1. The van der Waals surface area contributed by atoms with Gasteiger partial charge >= 0.3 is 7.52 Å². The van der Waals surface area contributed by atoms with E-state index in [1.807, 2.05) is 79.1 Å². The van der Waals surface area contributed by atoms with E-state index in [1.165, 1.54) is 24.5 Å². The van der Waals surface area contributed by atoms with Crippen LogP contribution in [0.1, 0.15) is 37.6 Å². The summed E-state index contributed by atoms with van der Waals surface area (Å²) in [6.07, 6.45) is 2.59. The fourth-order valence-electron chi connectivity index (χ4n) is 10.4. The molecule has 18 heteroatoms. The fourth-order valence-corrected chi connectivity index (χ4v) is 15.0. The number of rotatable bonds is 17. The number of ether oxygens (including phenoxy) is 1. The number of hydrogen-bond donors (Lipinski definition) is 0. The van der Waals surface area contributed by atoms with Crippen molar-refractivity contribution >= 4 is 68.8 Å². The van der Waals surface area contributed by atoms with Gasteiger partial charge in [0.05, 0.1) is 47.2 Å². The highest BCUT2D eigenvalue weighted by Crippen LogP contribution is 2.56. The zero-order valence-electron chi connectivity index (χ0n) is 41.1. The number of aromatic nitrogens is 1. The lowest BCUT2D eigenvalue weighted by atomic mass is 9.96. The first-order valence-electron chi connectivity index (χ1n) is 24.5. The van der Waals surface area contributed by atoms with Gasteiger partial charge < -0.3 is 23.6 Å². The maximum Gasteiger partial charge on any atom is 0.326 e. The van der Waals surface area contributed by atoms with Crippen LogP contribution < -0.4 is 19.8 Å². The Hall–Kier alpha value is -5.19. The van der Waals surface area contributed by atoms with E-state index < -0.39 is 23.2 Å². The molecule has 0 unspecified atom stereocenters. The predicted octanol–water partition coefficient (Wildman–Crippen LogP) is 11.2. The van der Waals surface area contributed by atoms with Gasteiger partial charge in [-0.05, 0) is 130 Å². The Bertz CT molecular complexity index is 3060. The van der Waals surface area contributed by atoms with Crippen LogP contribution in [0.4, 0.5) is 27.1 Å². The number of anilines is 3. The molecule has 3 aliphatic heterocycles. The van der Waals surface area contributed by atoms with Gasteiger partial charge in [-0.1, -0.05) is 48.0 Å². The standard InChI is InChI=1S/C54H61ClFN6O7PS2/c1-38(2)61-39(3)54(72(4,66)67)52(53(61)41-10-13-44(55)14-11-41)43-33-45(56)35-48(34-43)59-24-22-58(23-25-59)46-15-17-47(18-16-46)60-28-31-69-70(60,65)49-19-12-42(51(36-49)62(63)64)32-40(20-21-57-26-29-68-30-27-57)37-71-50-8-6-5-7-9-50/h5-19,33-36,38,40H,20-32,37H2,1-4H3/t40-,70-/m0/s1. The van der Waals surface area contributed by atoms with Gasteiger partial charge in [0.2, 0.25) is 0 Å². The molecule has 0 N–H and O–H groups in total. The summed E-state index contributed by atoms with van der Waals surface area (Å²) in [5, 5.41) is 13.6. The minimum absolute atomic E-state index is 0.0510. The average molecular weight is 1060 g/mol. The predicted molar refractivity (Wildman–Crippen MR) is 289 cm³/mol. The van der Waals surface area contributed by atoms with E-state index in [-0.39, 0.29) is 34.1 Å². The largest absolute Gasteiger partial charge is 0.379 e. The van der Waals surface area contributed by atoms with Crippen LogP contribution in [0.25, 0.3) is 22.4 Å². The Balaban J connectivity index is 0.904. The van der Waals surface area contributed by atoms with Gasteiger partial charge in [0.1, 0.15) is 5.82 Å². The van der Waals surface area contributed by atoms with Gasteiger partial charge in [-0.2, -0.15) is 0 Å². The number of piperazine rings is 1. The van der Waals surface area contributed by atoms with Crippen molar-refractivity contribution in [2.45, 2.75) is 49.4 Å². The minimum atomic E-state index is -3.75. The molecule has 3 aliphatic rings. The zero-order chi connectivity index (χ0) is 50.7.